The van der Waals surface area contributed by atoms with Gasteiger partial charge in [0.05, 0.1) is 6.61 Å². The van der Waals surface area contributed by atoms with Crippen LogP contribution in [0.5, 0.6) is 5.75 Å². The second kappa shape index (κ2) is 8.24. The molecule has 0 aliphatic carbocycles. The third-order valence-corrected chi connectivity index (χ3v) is 3.24. The van der Waals surface area contributed by atoms with E-state index in [9.17, 15) is 13.2 Å². The Morgan fingerprint density at radius 2 is 1.95 bits per heavy atom. The molecule has 0 saturated carbocycles. The molecule has 0 saturated heterocycles. The zero-order valence-electron chi connectivity index (χ0n) is 12.3. The zero-order valence-corrected chi connectivity index (χ0v) is 12.3. The van der Waals surface area contributed by atoms with E-state index >= 15 is 0 Å². The first kappa shape index (κ1) is 17.8. The highest BCUT2D eigenvalue weighted by Gasteiger charge is 2.17. The van der Waals surface area contributed by atoms with Gasteiger partial charge in [0.25, 0.3) is 0 Å². The molecule has 6 heteroatoms. The van der Waals surface area contributed by atoms with Gasteiger partial charge in [0.1, 0.15) is 0 Å². The SMILES string of the molecule is CC(C)c1cc(CCC[C@@H](N)CO)cc(OC(F)F)c1F. The molecule has 1 rings (SSSR count). The molecule has 0 heterocycles. The van der Waals surface area contributed by atoms with Gasteiger partial charge in [-0.3, -0.25) is 0 Å². The number of hydrogen-bond donors (Lipinski definition) is 2. The first-order valence-corrected chi connectivity index (χ1v) is 6.98. The molecule has 3 nitrogen and oxygen atoms in total. The molecule has 0 radical (unpaired) electrons. The molecule has 1 atom stereocenters. The van der Waals surface area contributed by atoms with Crippen LogP contribution in [0, 0.1) is 5.82 Å². The molecule has 0 fully saturated rings. The normalized spacial score (nSPS) is 13.0. The van der Waals surface area contributed by atoms with Crippen LogP contribution in [0.4, 0.5) is 13.2 Å². The summed E-state index contributed by atoms with van der Waals surface area (Å²) in [5.74, 6) is -1.29. The predicted molar refractivity (Wildman–Crippen MR) is 75.1 cm³/mol. The van der Waals surface area contributed by atoms with Crippen LogP contribution in [0.15, 0.2) is 12.1 Å². The molecule has 0 amide bonds. The number of halogens is 3. The van der Waals surface area contributed by atoms with Gasteiger partial charge in [-0.05, 0) is 42.4 Å². The number of aliphatic hydroxyl groups excluding tert-OH is 1. The number of aryl methyl sites for hydroxylation is 1. The summed E-state index contributed by atoms with van der Waals surface area (Å²) in [5.41, 5.74) is 6.68. The van der Waals surface area contributed by atoms with Crippen molar-refractivity contribution < 1.29 is 23.0 Å². The minimum atomic E-state index is -3.06. The lowest BCUT2D eigenvalue weighted by Crippen LogP contribution is -2.24. The summed E-state index contributed by atoms with van der Waals surface area (Å²) in [6.45, 7) is 0.421. The van der Waals surface area contributed by atoms with Crippen LogP contribution >= 0.6 is 0 Å². The van der Waals surface area contributed by atoms with Crippen LogP contribution in [-0.4, -0.2) is 24.4 Å². The minimum Gasteiger partial charge on any atom is -0.432 e. The molecular formula is C15H22F3NO2. The van der Waals surface area contributed by atoms with Gasteiger partial charge in [-0.1, -0.05) is 19.9 Å². The average Bonchev–Trinajstić information content (AvgIpc) is 2.40. The molecule has 0 aromatic heterocycles. The van der Waals surface area contributed by atoms with Gasteiger partial charge < -0.3 is 15.6 Å². The van der Waals surface area contributed by atoms with E-state index < -0.39 is 18.2 Å². The molecule has 3 N–H and O–H groups in total. The van der Waals surface area contributed by atoms with Crippen molar-refractivity contribution in [3.05, 3.63) is 29.1 Å². The van der Waals surface area contributed by atoms with E-state index in [0.717, 1.165) is 5.56 Å². The largest absolute Gasteiger partial charge is 0.432 e. The zero-order chi connectivity index (χ0) is 16.0. The van der Waals surface area contributed by atoms with E-state index in [1.807, 2.05) is 0 Å². The fraction of sp³-hybridized carbons (Fsp3) is 0.600. The molecule has 0 aliphatic rings. The van der Waals surface area contributed by atoms with Crippen molar-refractivity contribution in [1.29, 1.82) is 0 Å². The Balaban J connectivity index is 2.90. The van der Waals surface area contributed by atoms with Gasteiger partial charge in [-0.25, -0.2) is 4.39 Å². The van der Waals surface area contributed by atoms with Crippen LogP contribution in [0.25, 0.3) is 0 Å². The van der Waals surface area contributed by atoms with Crippen LogP contribution in [0.3, 0.4) is 0 Å². The van der Waals surface area contributed by atoms with Crippen molar-refractivity contribution in [3.8, 4) is 5.75 Å². The van der Waals surface area contributed by atoms with Gasteiger partial charge in [0.15, 0.2) is 11.6 Å². The molecule has 0 bridgehead atoms. The van der Waals surface area contributed by atoms with Crippen molar-refractivity contribution in [1.82, 2.24) is 0 Å². The Labute approximate surface area is 122 Å². The first-order valence-electron chi connectivity index (χ1n) is 6.98. The molecule has 21 heavy (non-hydrogen) atoms. The standard InChI is InChI=1S/C15H22F3NO2/c1-9(2)12-6-10(4-3-5-11(19)8-20)7-13(14(12)16)21-15(17)18/h6-7,9,11,15,20H,3-5,8,19H2,1-2H3/t11-/m1/s1. The maximum Gasteiger partial charge on any atom is 0.387 e. The fourth-order valence-corrected chi connectivity index (χ4v) is 2.08. The molecular weight excluding hydrogens is 283 g/mol. The molecule has 1 aromatic carbocycles. The van der Waals surface area contributed by atoms with Crippen LogP contribution < -0.4 is 10.5 Å². The topological polar surface area (TPSA) is 55.5 Å². The van der Waals surface area contributed by atoms with E-state index in [2.05, 4.69) is 4.74 Å². The Kier molecular flexibility index (Phi) is 6.98. The number of hydrogen-bond acceptors (Lipinski definition) is 3. The molecule has 1 aromatic rings. The number of rotatable bonds is 8. The average molecular weight is 305 g/mol. The quantitative estimate of drug-likeness (QED) is 0.775. The first-order chi connectivity index (χ1) is 9.85. The molecule has 0 unspecified atom stereocenters. The second-order valence-corrected chi connectivity index (χ2v) is 5.37. The second-order valence-electron chi connectivity index (χ2n) is 5.37. The summed E-state index contributed by atoms with van der Waals surface area (Å²) in [6, 6.07) is 2.67. The lowest BCUT2D eigenvalue weighted by Gasteiger charge is -2.15. The maximum absolute atomic E-state index is 14.1. The fourth-order valence-electron chi connectivity index (χ4n) is 2.08. The van der Waals surface area contributed by atoms with Crippen LogP contribution in [-0.2, 0) is 6.42 Å². The van der Waals surface area contributed by atoms with Crippen molar-refractivity contribution in [2.75, 3.05) is 6.61 Å². The van der Waals surface area contributed by atoms with Gasteiger partial charge in [-0.15, -0.1) is 0 Å². The number of benzene rings is 1. The lowest BCUT2D eigenvalue weighted by molar-refractivity contribution is -0.0523. The Morgan fingerprint density at radius 3 is 2.48 bits per heavy atom. The maximum atomic E-state index is 14.1. The van der Waals surface area contributed by atoms with Crippen molar-refractivity contribution in [2.45, 2.75) is 51.7 Å². The van der Waals surface area contributed by atoms with Gasteiger partial charge in [0, 0.05) is 6.04 Å². The number of ether oxygens (including phenoxy) is 1. The number of aliphatic hydroxyl groups is 1. The monoisotopic (exact) mass is 305 g/mol. The summed E-state index contributed by atoms with van der Waals surface area (Å²) < 4.78 is 43.0. The molecule has 120 valence electrons. The van der Waals surface area contributed by atoms with Crippen molar-refractivity contribution >= 4 is 0 Å². The van der Waals surface area contributed by atoms with E-state index in [0.29, 0.717) is 24.8 Å². The summed E-state index contributed by atoms with van der Waals surface area (Å²) in [6.07, 6.45) is 1.85. The highest BCUT2D eigenvalue weighted by Crippen LogP contribution is 2.30. The van der Waals surface area contributed by atoms with E-state index in [4.69, 9.17) is 10.8 Å². The number of nitrogens with two attached hydrogens (primary N) is 1. The van der Waals surface area contributed by atoms with Crippen LogP contribution in [0.2, 0.25) is 0 Å². The van der Waals surface area contributed by atoms with E-state index in [-0.39, 0.29) is 18.6 Å². The smallest absolute Gasteiger partial charge is 0.387 e. The van der Waals surface area contributed by atoms with E-state index in [1.165, 1.54) is 6.07 Å². The Hall–Kier alpha value is -1.27. The highest BCUT2D eigenvalue weighted by molar-refractivity contribution is 5.38. The van der Waals surface area contributed by atoms with Crippen LogP contribution in [0.1, 0.15) is 43.7 Å². The Bertz CT molecular complexity index is 453. The van der Waals surface area contributed by atoms with Crippen molar-refractivity contribution in [3.63, 3.8) is 0 Å². The van der Waals surface area contributed by atoms with Gasteiger partial charge in [0.2, 0.25) is 0 Å². The molecule has 0 aliphatic heterocycles. The summed E-state index contributed by atoms with van der Waals surface area (Å²) in [5, 5.41) is 8.85. The van der Waals surface area contributed by atoms with Crippen molar-refractivity contribution in [2.24, 2.45) is 5.73 Å². The summed E-state index contributed by atoms with van der Waals surface area (Å²) >= 11 is 0. The van der Waals surface area contributed by atoms with E-state index in [1.54, 1.807) is 19.9 Å². The summed E-state index contributed by atoms with van der Waals surface area (Å²) in [7, 11) is 0. The van der Waals surface area contributed by atoms with Gasteiger partial charge >= 0.3 is 6.61 Å². The predicted octanol–water partition coefficient (Wildman–Crippen LogP) is 3.19. The third-order valence-electron chi connectivity index (χ3n) is 3.24. The number of alkyl halides is 2. The third kappa shape index (κ3) is 5.55. The Morgan fingerprint density at radius 1 is 1.29 bits per heavy atom. The summed E-state index contributed by atoms with van der Waals surface area (Å²) in [4.78, 5) is 0. The highest BCUT2D eigenvalue weighted by atomic mass is 19.3. The minimum absolute atomic E-state index is 0.0968. The lowest BCUT2D eigenvalue weighted by atomic mass is 9.96. The van der Waals surface area contributed by atoms with Gasteiger partial charge in [-0.2, -0.15) is 8.78 Å². The molecule has 0 spiro atoms.